The number of carbonyl (C=O) groups is 2. The highest BCUT2D eigenvalue weighted by atomic mass is 16.5. The number of aromatic nitrogens is 1. The number of piperazine rings is 1. The molecule has 1 aliphatic heterocycles. The quantitative estimate of drug-likeness (QED) is 0.586. The minimum atomic E-state index is -0.166. The summed E-state index contributed by atoms with van der Waals surface area (Å²) in [5, 5.41) is 6.00. The summed E-state index contributed by atoms with van der Waals surface area (Å²) in [5.74, 6) is 1.82. The molecule has 0 bridgehead atoms. The van der Waals surface area contributed by atoms with Crippen molar-refractivity contribution in [1.29, 1.82) is 0 Å². The van der Waals surface area contributed by atoms with E-state index in [0.717, 1.165) is 12.0 Å². The van der Waals surface area contributed by atoms with Crippen molar-refractivity contribution in [3.63, 3.8) is 0 Å². The fourth-order valence-corrected chi connectivity index (χ4v) is 3.80. The summed E-state index contributed by atoms with van der Waals surface area (Å²) >= 11 is 0. The molecule has 0 saturated carbocycles. The van der Waals surface area contributed by atoms with E-state index >= 15 is 0 Å². The maximum Gasteiger partial charge on any atom is 0.317 e. The minimum absolute atomic E-state index is 0.0388. The molecule has 0 radical (unpaired) electrons. The summed E-state index contributed by atoms with van der Waals surface area (Å²) in [7, 11) is 3.20. The Labute approximate surface area is 201 Å². The van der Waals surface area contributed by atoms with Crippen molar-refractivity contribution in [2.45, 2.75) is 32.7 Å². The smallest absolute Gasteiger partial charge is 0.317 e. The summed E-state index contributed by atoms with van der Waals surface area (Å²) in [4.78, 5) is 33.7. The number of hydrogen-bond acceptors (Lipinski definition) is 6. The van der Waals surface area contributed by atoms with Gasteiger partial charge in [0, 0.05) is 45.0 Å². The molecule has 184 valence electrons. The number of carbonyl (C=O) groups excluding carboxylic acids is 2. The number of methoxy groups -OCH3 is 2. The van der Waals surface area contributed by atoms with E-state index in [1.165, 1.54) is 0 Å². The van der Waals surface area contributed by atoms with Crippen molar-refractivity contribution in [3.8, 4) is 11.5 Å². The van der Waals surface area contributed by atoms with Gasteiger partial charge >= 0.3 is 6.03 Å². The predicted molar refractivity (Wildman–Crippen MR) is 132 cm³/mol. The van der Waals surface area contributed by atoms with Gasteiger partial charge in [0.2, 0.25) is 0 Å². The number of rotatable bonds is 9. The Kier molecular flexibility index (Phi) is 8.95. The van der Waals surface area contributed by atoms with Gasteiger partial charge in [-0.1, -0.05) is 13.0 Å². The number of anilines is 1. The largest absolute Gasteiger partial charge is 0.493 e. The molecule has 1 saturated heterocycles. The van der Waals surface area contributed by atoms with Crippen molar-refractivity contribution >= 4 is 17.8 Å². The number of nitrogens with one attached hydrogen (secondary N) is 2. The van der Waals surface area contributed by atoms with Gasteiger partial charge in [0.05, 0.1) is 19.8 Å². The fourth-order valence-electron chi connectivity index (χ4n) is 3.80. The fraction of sp³-hybridized carbons (Fsp3) is 0.480. The Morgan fingerprint density at radius 3 is 2.50 bits per heavy atom. The van der Waals surface area contributed by atoms with E-state index in [4.69, 9.17) is 9.47 Å². The van der Waals surface area contributed by atoms with Gasteiger partial charge in [-0.3, -0.25) is 4.79 Å². The molecule has 0 aliphatic carbocycles. The lowest BCUT2D eigenvalue weighted by Gasteiger charge is -2.36. The van der Waals surface area contributed by atoms with Crippen LogP contribution in [0, 0.1) is 0 Å². The molecular weight excluding hydrogens is 434 g/mol. The van der Waals surface area contributed by atoms with Crippen LogP contribution in [0.25, 0.3) is 0 Å². The Balaban J connectivity index is 1.57. The Morgan fingerprint density at radius 1 is 1.09 bits per heavy atom. The maximum absolute atomic E-state index is 13.0. The molecule has 2 aromatic rings. The molecule has 1 fully saturated rings. The van der Waals surface area contributed by atoms with Gasteiger partial charge in [-0.25, -0.2) is 9.78 Å². The van der Waals surface area contributed by atoms with Crippen LogP contribution in [0.5, 0.6) is 11.5 Å². The van der Waals surface area contributed by atoms with Crippen molar-refractivity contribution in [1.82, 2.24) is 20.5 Å². The molecule has 1 aromatic heterocycles. The van der Waals surface area contributed by atoms with Crippen LogP contribution in [0.15, 0.2) is 36.5 Å². The monoisotopic (exact) mass is 469 g/mol. The third-order valence-electron chi connectivity index (χ3n) is 6.03. The molecule has 34 heavy (non-hydrogen) atoms. The molecule has 0 spiro atoms. The van der Waals surface area contributed by atoms with Gasteiger partial charge < -0.3 is 29.9 Å². The molecular formula is C25H35N5O4. The summed E-state index contributed by atoms with van der Waals surface area (Å²) < 4.78 is 10.6. The second-order valence-electron chi connectivity index (χ2n) is 8.30. The topological polar surface area (TPSA) is 96.0 Å². The van der Waals surface area contributed by atoms with Crippen LogP contribution >= 0.6 is 0 Å². The van der Waals surface area contributed by atoms with Crippen molar-refractivity contribution in [2.75, 3.05) is 51.8 Å². The van der Waals surface area contributed by atoms with Gasteiger partial charge in [0.15, 0.2) is 11.5 Å². The predicted octanol–water partition coefficient (Wildman–Crippen LogP) is 2.70. The van der Waals surface area contributed by atoms with Crippen LogP contribution in [0.2, 0.25) is 0 Å². The van der Waals surface area contributed by atoms with Gasteiger partial charge in [-0.2, -0.15) is 0 Å². The van der Waals surface area contributed by atoms with Crippen LogP contribution in [0.3, 0.4) is 0 Å². The molecule has 3 amide bonds. The second-order valence-corrected chi connectivity index (χ2v) is 8.30. The number of ether oxygens (including phenoxy) is 2. The van der Waals surface area contributed by atoms with Crippen LogP contribution in [0.4, 0.5) is 10.6 Å². The Morgan fingerprint density at radius 2 is 1.82 bits per heavy atom. The summed E-state index contributed by atoms with van der Waals surface area (Å²) in [6, 6.07) is 9.40. The van der Waals surface area contributed by atoms with Gasteiger partial charge in [-0.05, 0) is 49.6 Å². The number of amides is 3. The standard InChI is InChI=1S/C25H35N5O4/c1-5-18(2)28-25(32)30-15-13-29(14-16-30)23-20(7-6-11-26-23)24(31)27-12-10-19-8-9-21(33-3)22(17-19)34-4/h6-9,11,17-18H,5,10,12-16H2,1-4H3,(H,27,31)(H,28,32)/t18-/m0/s1. The van der Waals surface area contributed by atoms with Gasteiger partial charge in [-0.15, -0.1) is 0 Å². The summed E-state index contributed by atoms with van der Waals surface area (Å²) in [6.45, 7) is 6.93. The van der Waals surface area contributed by atoms with Crippen LogP contribution < -0.4 is 25.0 Å². The third kappa shape index (κ3) is 6.30. The molecule has 2 heterocycles. The van der Waals surface area contributed by atoms with Crippen LogP contribution in [-0.4, -0.2) is 74.8 Å². The Bertz CT molecular complexity index is 976. The number of pyridine rings is 1. The van der Waals surface area contributed by atoms with Crippen LogP contribution in [0.1, 0.15) is 36.2 Å². The zero-order chi connectivity index (χ0) is 24.5. The van der Waals surface area contributed by atoms with E-state index in [2.05, 4.69) is 20.5 Å². The first-order valence-electron chi connectivity index (χ1n) is 11.7. The summed E-state index contributed by atoms with van der Waals surface area (Å²) in [6.07, 6.45) is 3.24. The molecule has 9 nitrogen and oxygen atoms in total. The maximum atomic E-state index is 13.0. The molecule has 1 aromatic carbocycles. The normalized spacial score (nSPS) is 14.4. The zero-order valence-electron chi connectivity index (χ0n) is 20.5. The van der Waals surface area contributed by atoms with Crippen molar-refractivity contribution < 1.29 is 19.1 Å². The van der Waals surface area contributed by atoms with Gasteiger partial charge in [0.25, 0.3) is 5.91 Å². The molecule has 1 atom stereocenters. The molecule has 1 aliphatic rings. The summed E-state index contributed by atoms with van der Waals surface area (Å²) in [5.41, 5.74) is 1.57. The molecule has 0 unspecified atom stereocenters. The number of nitrogens with zero attached hydrogens (tertiary/aromatic N) is 3. The highest BCUT2D eigenvalue weighted by Gasteiger charge is 2.25. The first-order chi connectivity index (χ1) is 16.5. The van der Waals surface area contributed by atoms with E-state index in [9.17, 15) is 9.59 Å². The van der Waals surface area contributed by atoms with E-state index in [-0.39, 0.29) is 18.0 Å². The highest BCUT2D eigenvalue weighted by Crippen LogP contribution is 2.27. The first-order valence-corrected chi connectivity index (χ1v) is 11.7. The second kappa shape index (κ2) is 12.1. The SMILES string of the molecule is CC[C@H](C)NC(=O)N1CCN(c2ncccc2C(=O)NCCc2ccc(OC)c(OC)c2)CC1. The molecule has 2 N–H and O–H groups in total. The van der Waals surface area contributed by atoms with Crippen LogP contribution in [-0.2, 0) is 6.42 Å². The van der Waals surface area contributed by atoms with Gasteiger partial charge in [0.1, 0.15) is 5.82 Å². The zero-order valence-corrected chi connectivity index (χ0v) is 20.5. The number of hydrogen-bond donors (Lipinski definition) is 2. The van der Waals surface area contributed by atoms with E-state index < -0.39 is 0 Å². The highest BCUT2D eigenvalue weighted by molar-refractivity contribution is 5.98. The van der Waals surface area contributed by atoms with E-state index in [0.29, 0.717) is 62.0 Å². The third-order valence-corrected chi connectivity index (χ3v) is 6.03. The molecule has 3 rings (SSSR count). The Hall–Kier alpha value is -3.49. The van der Waals surface area contributed by atoms with E-state index in [1.807, 2.05) is 36.9 Å². The number of urea groups is 1. The lowest BCUT2D eigenvalue weighted by Crippen LogP contribution is -2.53. The van der Waals surface area contributed by atoms with E-state index in [1.54, 1.807) is 32.5 Å². The number of benzene rings is 1. The minimum Gasteiger partial charge on any atom is -0.493 e. The average molecular weight is 470 g/mol. The lowest BCUT2D eigenvalue weighted by molar-refractivity contribution is 0.0954. The van der Waals surface area contributed by atoms with Crippen molar-refractivity contribution in [3.05, 3.63) is 47.7 Å². The lowest BCUT2D eigenvalue weighted by atomic mass is 10.1. The average Bonchev–Trinajstić information content (AvgIpc) is 2.88. The molecule has 9 heteroatoms. The first kappa shape index (κ1) is 25.1. The van der Waals surface area contributed by atoms with Crippen molar-refractivity contribution in [2.24, 2.45) is 0 Å².